The number of hydrogen-bond donors (Lipinski definition) is 1. The van der Waals surface area contributed by atoms with Gasteiger partial charge in [0.25, 0.3) is 5.91 Å². The van der Waals surface area contributed by atoms with Crippen LogP contribution in [0.5, 0.6) is 0 Å². The fourth-order valence-corrected chi connectivity index (χ4v) is 2.90. The molecule has 1 heterocycles. The summed E-state index contributed by atoms with van der Waals surface area (Å²) in [6.45, 7) is 8.64. The number of amides is 1. The summed E-state index contributed by atoms with van der Waals surface area (Å²) >= 11 is 0. The Morgan fingerprint density at radius 2 is 1.91 bits per heavy atom. The minimum atomic E-state index is -0.0822. The van der Waals surface area contributed by atoms with Crippen molar-refractivity contribution in [2.75, 3.05) is 19.6 Å². The van der Waals surface area contributed by atoms with E-state index in [4.69, 9.17) is 0 Å². The number of carbonyl (C=O) groups excluding carboxylic acids is 1. The molecule has 1 aromatic carbocycles. The third kappa shape index (κ3) is 4.20. The van der Waals surface area contributed by atoms with Crippen molar-refractivity contribution >= 4 is 5.91 Å². The number of aryl methyl sites for hydroxylation is 2. The van der Waals surface area contributed by atoms with E-state index in [1.807, 2.05) is 31.2 Å². The highest BCUT2D eigenvalue weighted by molar-refractivity contribution is 5.92. The van der Waals surface area contributed by atoms with Gasteiger partial charge in [-0.2, -0.15) is 5.10 Å². The Morgan fingerprint density at radius 1 is 1.26 bits per heavy atom. The van der Waals surface area contributed by atoms with Crippen LogP contribution in [0.25, 0.3) is 0 Å². The maximum absolute atomic E-state index is 12.4. The number of carbonyl (C=O) groups is 1. The molecule has 1 atom stereocenters. The van der Waals surface area contributed by atoms with Crippen molar-refractivity contribution in [3.8, 4) is 0 Å². The molecular formula is C18H26N4O. The molecule has 23 heavy (non-hydrogen) atoms. The lowest BCUT2D eigenvalue weighted by molar-refractivity contribution is 0.0925. The molecule has 0 radical (unpaired) electrons. The van der Waals surface area contributed by atoms with E-state index in [1.54, 1.807) is 11.7 Å². The van der Waals surface area contributed by atoms with Gasteiger partial charge in [0.05, 0.1) is 11.7 Å². The van der Waals surface area contributed by atoms with Crippen molar-refractivity contribution < 1.29 is 4.79 Å². The number of rotatable bonds is 7. The van der Waals surface area contributed by atoms with Gasteiger partial charge in [0, 0.05) is 13.6 Å². The van der Waals surface area contributed by atoms with Gasteiger partial charge in [-0.1, -0.05) is 44.2 Å². The maximum Gasteiger partial charge on any atom is 0.269 e. The van der Waals surface area contributed by atoms with Gasteiger partial charge in [0.1, 0.15) is 5.69 Å². The fraction of sp³-hybridized carbons (Fsp3) is 0.444. The molecule has 1 aromatic heterocycles. The number of nitrogens with zero attached hydrogens (tertiary/aromatic N) is 3. The quantitative estimate of drug-likeness (QED) is 0.854. The Labute approximate surface area is 138 Å². The summed E-state index contributed by atoms with van der Waals surface area (Å²) in [5.74, 6) is -0.0822. The monoisotopic (exact) mass is 314 g/mol. The van der Waals surface area contributed by atoms with Gasteiger partial charge in [-0.3, -0.25) is 14.4 Å². The standard InChI is InChI=1S/C18H26N4O/c1-5-22(6-2)17(15-10-8-7-9-11-15)13-19-18(23)16-12-14(3)20-21(16)4/h7-12,17H,5-6,13H2,1-4H3,(H,19,23). The van der Waals surface area contributed by atoms with Gasteiger partial charge < -0.3 is 5.32 Å². The van der Waals surface area contributed by atoms with E-state index < -0.39 is 0 Å². The van der Waals surface area contributed by atoms with E-state index in [-0.39, 0.29) is 11.9 Å². The van der Waals surface area contributed by atoms with Gasteiger partial charge in [0.2, 0.25) is 0 Å². The summed E-state index contributed by atoms with van der Waals surface area (Å²) in [5, 5.41) is 7.29. The van der Waals surface area contributed by atoms with Crippen LogP contribution < -0.4 is 5.32 Å². The average Bonchev–Trinajstić information content (AvgIpc) is 2.90. The fourth-order valence-electron chi connectivity index (χ4n) is 2.90. The SMILES string of the molecule is CCN(CC)C(CNC(=O)c1cc(C)nn1C)c1ccccc1. The van der Waals surface area contributed by atoms with E-state index >= 15 is 0 Å². The highest BCUT2D eigenvalue weighted by Gasteiger charge is 2.20. The molecule has 0 bridgehead atoms. The molecule has 5 nitrogen and oxygen atoms in total. The molecule has 0 aliphatic heterocycles. The molecule has 1 unspecified atom stereocenters. The Kier molecular flexibility index (Phi) is 5.93. The molecule has 5 heteroatoms. The second-order valence-corrected chi connectivity index (χ2v) is 5.65. The smallest absolute Gasteiger partial charge is 0.269 e. The molecular weight excluding hydrogens is 288 g/mol. The number of likely N-dealkylation sites (N-methyl/N-ethyl adjacent to an activating group) is 1. The highest BCUT2D eigenvalue weighted by Crippen LogP contribution is 2.19. The predicted molar refractivity (Wildman–Crippen MR) is 92.4 cm³/mol. The molecule has 124 valence electrons. The molecule has 2 rings (SSSR count). The largest absolute Gasteiger partial charge is 0.349 e. The van der Waals surface area contributed by atoms with Crippen LogP contribution in [0.1, 0.15) is 41.6 Å². The summed E-state index contributed by atoms with van der Waals surface area (Å²) in [4.78, 5) is 14.8. The lowest BCUT2D eigenvalue weighted by Crippen LogP contribution is -2.38. The molecule has 0 saturated heterocycles. The van der Waals surface area contributed by atoms with Crippen LogP contribution in [0.4, 0.5) is 0 Å². The highest BCUT2D eigenvalue weighted by atomic mass is 16.2. The van der Waals surface area contributed by atoms with Gasteiger partial charge in [-0.25, -0.2) is 0 Å². The Morgan fingerprint density at radius 3 is 2.43 bits per heavy atom. The van der Waals surface area contributed by atoms with E-state index in [2.05, 4.69) is 41.3 Å². The van der Waals surface area contributed by atoms with Crippen molar-refractivity contribution in [2.24, 2.45) is 7.05 Å². The molecule has 0 aliphatic carbocycles. The molecule has 1 N–H and O–H groups in total. The second kappa shape index (κ2) is 7.92. The summed E-state index contributed by atoms with van der Waals surface area (Å²) in [7, 11) is 1.79. The summed E-state index contributed by atoms with van der Waals surface area (Å²) in [6.07, 6.45) is 0. The molecule has 1 amide bonds. The number of hydrogen-bond acceptors (Lipinski definition) is 3. The van der Waals surface area contributed by atoms with E-state index in [9.17, 15) is 4.79 Å². The van der Waals surface area contributed by atoms with Crippen molar-refractivity contribution in [1.29, 1.82) is 0 Å². The van der Waals surface area contributed by atoms with Gasteiger partial charge in [-0.05, 0) is 31.6 Å². The van der Waals surface area contributed by atoms with Crippen LogP contribution in [0.15, 0.2) is 36.4 Å². The van der Waals surface area contributed by atoms with E-state index in [1.165, 1.54) is 5.56 Å². The van der Waals surface area contributed by atoms with E-state index in [0.29, 0.717) is 12.2 Å². The minimum absolute atomic E-state index is 0.0822. The first-order valence-electron chi connectivity index (χ1n) is 8.14. The van der Waals surface area contributed by atoms with Crippen LogP contribution >= 0.6 is 0 Å². The topological polar surface area (TPSA) is 50.2 Å². The number of benzene rings is 1. The Hall–Kier alpha value is -2.14. The van der Waals surface area contributed by atoms with Crippen molar-refractivity contribution in [2.45, 2.75) is 26.8 Å². The Bertz CT molecular complexity index is 632. The number of nitrogens with one attached hydrogen (secondary N) is 1. The van der Waals surface area contributed by atoms with Crippen LogP contribution in [0.2, 0.25) is 0 Å². The lowest BCUT2D eigenvalue weighted by atomic mass is 10.1. The van der Waals surface area contributed by atoms with Crippen molar-refractivity contribution in [1.82, 2.24) is 20.0 Å². The summed E-state index contributed by atoms with van der Waals surface area (Å²) < 4.78 is 1.62. The third-order valence-electron chi connectivity index (χ3n) is 4.13. The molecule has 2 aromatic rings. The first kappa shape index (κ1) is 17.2. The van der Waals surface area contributed by atoms with Crippen LogP contribution in [-0.4, -0.2) is 40.2 Å². The van der Waals surface area contributed by atoms with Gasteiger partial charge in [0.15, 0.2) is 0 Å². The maximum atomic E-state index is 12.4. The zero-order chi connectivity index (χ0) is 16.8. The van der Waals surface area contributed by atoms with Crippen LogP contribution in [0, 0.1) is 6.92 Å². The lowest BCUT2D eigenvalue weighted by Gasteiger charge is -2.30. The first-order valence-corrected chi connectivity index (χ1v) is 8.14. The molecule has 0 aliphatic rings. The van der Waals surface area contributed by atoms with Crippen molar-refractivity contribution in [3.05, 3.63) is 53.3 Å². The minimum Gasteiger partial charge on any atom is -0.349 e. The van der Waals surface area contributed by atoms with E-state index in [0.717, 1.165) is 18.8 Å². The normalized spacial score (nSPS) is 12.4. The zero-order valence-electron chi connectivity index (χ0n) is 14.4. The van der Waals surface area contributed by atoms with Crippen molar-refractivity contribution in [3.63, 3.8) is 0 Å². The van der Waals surface area contributed by atoms with Gasteiger partial charge in [-0.15, -0.1) is 0 Å². The van der Waals surface area contributed by atoms with Gasteiger partial charge >= 0.3 is 0 Å². The first-order chi connectivity index (χ1) is 11.1. The predicted octanol–water partition coefficient (Wildman–Crippen LogP) is 2.54. The average molecular weight is 314 g/mol. The molecule has 0 saturated carbocycles. The molecule has 0 fully saturated rings. The van der Waals surface area contributed by atoms with Crippen LogP contribution in [-0.2, 0) is 7.05 Å². The number of aromatic nitrogens is 2. The summed E-state index contributed by atoms with van der Waals surface area (Å²) in [6, 6.07) is 12.3. The third-order valence-corrected chi connectivity index (χ3v) is 4.13. The zero-order valence-corrected chi connectivity index (χ0v) is 14.4. The summed E-state index contributed by atoms with van der Waals surface area (Å²) in [5.41, 5.74) is 2.66. The van der Waals surface area contributed by atoms with Crippen LogP contribution in [0.3, 0.4) is 0 Å². The Balaban J connectivity index is 2.12. The molecule has 0 spiro atoms. The second-order valence-electron chi connectivity index (χ2n) is 5.65.